The van der Waals surface area contributed by atoms with Gasteiger partial charge in [-0.15, -0.1) is 0 Å². The lowest BCUT2D eigenvalue weighted by molar-refractivity contribution is 1.05. The van der Waals surface area contributed by atoms with Crippen LogP contribution >= 0.6 is 7.92 Å². The van der Waals surface area contributed by atoms with E-state index in [1.54, 1.807) is 0 Å². The number of pyridine rings is 1. The molecule has 0 radical (unpaired) electrons. The minimum Gasteiger partial charge on any atom is -0.253 e. The number of rotatable bonds is 6. The van der Waals surface area contributed by atoms with E-state index in [-0.39, 0.29) is 0 Å². The molecule has 2 heteroatoms. The summed E-state index contributed by atoms with van der Waals surface area (Å²) in [5.74, 6) is 0. The lowest BCUT2D eigenvalue weighted by Gasteiger charge is -2.19. The van der Waals surface area contributed by atoms with Gasteiger partial charge in [0.2, 0.25) is 0 Å². The molecule has 0 aliphatic heterocycles. The highest BCUT2D eigenvalue weighted by molar-refractivity contribution is 7.73. The molecule has 0 saturated carbocycles. The SMILES string of the molecule is c1ccc(P(CCc2cccc(-c3c4ccccc4cc4ccccc34)n2)c2ccccc2)cc1. The van der Waals surface area contributed by atoms with E-state index >= 15 is 0 Å². The van der Waals surface area contributed by atoms with E-state index in [9.17, 15) is 0 Å². The Hall–Kier alpha value is -3.80. The van der Waals surface area contributed by atoms with Crippen LogP contribution in [0.15, 0.2) is 133 Å². The molecule has 6 aromatic rings. The van der Waals surface area contributed by atoms with Crippen LogP contribution in [-0.4, -0.2) is 11.1 Å². The fourth-order valence-electron chi connectivity index (χ4n) is 4.90. The first-order valence-electron chi connectivity index (χ1n) is 12.1. The van der Waals surface area contributed by atoms with Crippen molar-refractivity contribution in [2.75, 3.05) is 6.16 Å². The van der Waals surface area contributed by atoms with Crippen molar-refractivity contribution < 1.29 is 0 Å². The number of hydrogen-bond donors (Lipinski definition) is 0. The van der Waals surface area contributed by atoms with E-state index in [0.717, 1.165) is 24.0 Å². The molecule has 6 rings (SSSR count). The lowest BCUT2D eigenvalue weighted by atomic mass is 9.94. The number of fused-ring (bicyclic) bond motifs is 2. The van der Waals surface area contributed by atoms with Crippen molar-refractivity contribution in [1.82, 2.24) is 4.98 Å². The molecule has 1 aromatic heterocycles. The van der Waals surface area contributed by atoms with Crippen LogP contribution in [0, 0.1) is 0 Å². The topological polar surface area (TPSA) is 12.9 Å². The fourth-order valence-corrected chi connectivity index (χ4v) is 7.23. The van der Waals surface area contributed by atoms with Gasteiger partial charge in [-0.25, -0.2) is 0 Å². The summed E-state index contributed by atoms with van der Waals surface area (Å²) in [6.45, 7) is 0. The Labute approximate surface area is 207 Å². The van der Waals surface area contributed by atoms with E-state index in [0.29, 0.717) is 0 Å². The predicted octanol–water partition coefficient (Wildman–Crippen LogP) is 7.73. The van der Waals surface area contributed by atoms with Gasteiger partial charge in [-0.2, -0.15) is 0 Å². The molecule has 0 fully saturated rings. The molecule has 168 valence electrons. The highest BCUT2D eigenvalue weighted by atomic mass is 31.1. The molecule has 35 heavy (non-hydrogen) atoms. The third-order valence-electron chi connectivity index (χ3n) is 6.56. The van der Waals surface area contributed by atoms with Crippen molar-refractivity contribution in [1.29, 1.82) is 0 Å². The minimum atomic E-state index is -0.435. The van der Waals surface area contributed by atoms with Crippen molar-refractivity contribution >= 4 is 40.1 Å². The van der Waals surface area contributed by atoms with Gasteiger partial charge < -0.3 is 0 Å². The van der Waals surface area contributed by atoms with E-state index < -0.39 is 7.92 Å². The number of nitrogens with zero attached hydrogens (tertiary/aromatic N) is 1. The Morgan fingerprint density at radius 2 is 1.06 bits per heavy atom. The lowest BCUT2D eigenvalue weighted by Crippen LogP contribution is -2.15. The van der Waals surface area contributed by atoms with Crippen LogP contribution < -0.4 is 10.6 Å². The quantitative estimate of drug-likeness (QED) is 0.180. The number of aromatic nitrogens is 1. The molecule has 0 aliphatic rings. The molecule has 0 amide bonds. The van der Waals surface area contributed by atoms with Gasteiger partial charge in [0, 0.05) is 11.3 Å². The maximum absolute atomic E-state index is 5.21. The molecule has 0 saturated heterocycles. The number of hydrogen-bond acceptors (Lipinski definition) is 1. The van der Waals surface area contributed by atoms with Gasteiger partial charge in [0.05, 0.1) is 5.69 Å². The summed E-state index contributed by atoms with van der Waals surface area (Å²) in [6, 6.07) is 48.0. The van der Waals surface area contributed by atoms with Crippen molar-refractivity contribution in [3.05, 3.63) is 139 Å². The first kappa shape index (κ1) is 21.7. The van der Waals surface area contributed by atoms with Crippen LogP contribution in [0.2, 0.25) is 0 Å². The first-order chi connectivity index (χ1) is 17.4. The van der Waals surface area contributed by atoms with E-state index in [1.807, 2.05) is 0 Å². The summed E-state index contributed by atoms with van der Waals surface area (Å²) in [5.41, 5.74) is 3.44. The Morgan fingerprint density at radius 1 is 0.514 bits per heavy atom. The van der Waals surface area contributed by atoms with Crippen LogP contribution in [0.5, 0.6) is 0 Å². The second-order valence-corrected chi connectivity index (χ2v) is 11.1. The zero-order valence-corrected chi connectivity index (χ0v) is 20.4. The van der Waals surface area contributed by atoms with Gasteiger partial charge in [-0.05, 0) is 70.9 Å². The Balaban J connectivity index is 1.38. The van der Waals surface area contributed by atoms with Crippen LogP contribution in [-0.2, 0) is 6.42 Å². The van der Waals surface area contributed by atoms with Gasteiger partial charge in [-0.3, -0.25) is 4.98 Å². The summed E-state index contributed by atoms with van der Waals surface area (Å²) in [6.07, 6.45) is 2.03. The van der Waals surface area contributed by atoms with Crippen LogP contribution in [0.3, 0.4) is 0 Å². The summed E-state index contributed by atoms with van der Waals surface area (Å²) < 4.78 is 0. The normalized spacial score (nSPS) is 11.3. The summed E-state index contributed by atoms with van der Waals surface area (Å²) in [4.78, 5) is 5.21. The fraction of sp³-hybridized carbons (Fsp3) is 0.0606. The Bertz CT molecular complexity index is 1500. The smallest absolute Gasteiger partial charge is 0.0717 e. The average molecular weight is 468 g/mol. The predicted molar refractivity (Wildman–Crippen MR) is 152 cm³/mol. The van der Waals surface area contributed by atoms with Crippen LogP contribution in [0.25, 0.3) is 32.8 Å². The van der Waals surface area contributed by atoms with Crippen molar-refractivity contribution in [3.8, 4) is 11.3 Å². The first-order valence-corrected chi connectivity index (χ1v) is 13.6. The van der Waals surface area contributed by atoms with E-state index in [2.05, 4.69) is 133 Å². The van der Waals surface area contributed by atoms with Crippen molar-refractivity contribution in [2.24, 2.45) is 0 Å². The highest BCUT2D eigenvalue weighted by Crippen LogP contribution is 2.37. The monoisotopic (exact) mass is 467 g/mol. The molecule has 0 unspecified atom stereocenters. The third-order valence-corrected chi connectivity index (χ3v) is 9.08. The van der Waals surface area contributed by atoms with Crippen LogP contribution in [0.1, 0.15) is 5.69 Å². The third kappa shape index (κ3) is 4.48. The van der Waals surface area contributed by atoms with Gasteiger partial charge in [-0.1, -0.05) is 115 Å². The van der Waals surface area contributed by atoms with Gasteiger partial charge in [0.15, 0.2) is 0 Å². The largest absolute Gasteiger partial charge is 0.253 e. The molecule has 1 nitrogen and oxygen atoms in total. The molecular formula is C33H26NP. The number of benzene rings is 5. The average Bonchev–Trinajstić information content (AvgIpc) is 2.93. The van der Waals surface area contributed by atoms with E-state index in [4.69, 9.17) is 4.98 Å². The van der Waals surface area contributed by atoms with Crippen LogP contribution in [0.4, 0.5) is 0 Å². The zero-order chi connectivity index (χ0) is 23.5. The Morgan fingerprint density at radius 3 is 1.66 bits per heavy atom. The molecule has 0 spiro atoms. The Kier molecular flexibility index (Phi) is 6.09. The minimum absolute atomic E-state index is 0.435. The highest BCUT2D eigenvalue weighted by Gasteiger charge is 2.15. The van der Waals surface area contributed by atoms with Gasteiger partial charge >= 0.3 is 0 Å². The van der Waals surface area contributed by atoms with E-state index in [1.165, 1.54) is 37.7 Å². The molecule has 0 aliphatic carbocycles. The standard InChI is InChI=1S/C33H26NP/c1-3-15-28(16-4-1)35(29-17-5-2-6-18-29)23-22-27-14-11-21-32(34-27)33-30-19-9-7-12-25(30)24-26-13-8-10-20-31(26)33/h1-21,24H,22-23H2. The van der Waals surface area contributed by atoms with Crippen molar-refractivity contribution in [2.45, 2.75) is 6.42 Å². The van der Waals surface area contributed by atoms with Gasteiger partial charge in [0.25, 0.3) is 0 Å². The van der Waals surface area contributed by atoms with Crippen molar-refractivity contribution in [3.63, 3.8) is 0 Å². The molecular weight excluding hydrogens is 441 g/mol. The van der Waals surface area contributed by atoms with Gasteiger partial charge in [0.1, 0.15) is 0 Å². The summed E-state index contributed by atoms with van der Waals surface area (Å²) >= 11 is 0. The molecule has 0 N–H and O–H groups in total. The second-order valence-electron chi connectivity index (χ2n) is 8.78. The molecule has 0 atom stereocenters. The molecule has 0 bridgehead atoms. The number of aryl methyl sites for hydroxylation is 1. The maximum Gasteiger partial charge on any atom is 0.0717 e. The molecule has 1 heterocycles. The zero-order valence-electron chi connectivity index (χ0n) is 19.5. The second kappa shape index (κ2) is 9.82. The summed E-state index contributed by atoms with van der Waals surface area (Å²) in [5, 5.41) is 7.86. The maximum atomic E-state index is 5.21. The summed E-state index contributed by atoms with van der Waals surface area (Å²) in [7, 11) is -0.435. The molecule has 5 aromatic carbocycles.